The summed E-state index contributed by atoms with van der Waals surface area (Å²) >= 11 is 0. The highest BCUT2D eigenvalue weighted by Gasteiger charge is 2.52. The van der Waals surface area contributed by atoms with Crippen molar-refractivity contribution < 1.29 is 0 Å². The van der Waals surface area contributed by atoms with Gasteiger partial charge in [-0.3, -0.25) is 0 Å². The summed E-state index contributed by atoms with van der Waals surface area (Å²) in [5.41, 5.74) is 26.9. The molecule has 0 bridgehead atoms. The fourth-order valence-electron chi connectivity index (χ4n) is 15.1. The first-order chi connectivity index (χ1) is 41.2. The van der Waals surface area contributed by atoms with E-state index in [1.54, 1.807) is 0 Å². The van der Waals surface area contributed by atoms with Crippen molar-refractivity contribution in [2.24, 2.45) is 0 Å². The van der Waals surface area contributed by atoms with E-state index in [-0.39, 0.29) is 0 Å². The summed E-state index contributed by atoms with van der Waals surface area (Å²) in [7, 11) is 0. The minimum Gasteiger partial charge on any atom is -0.309 e. The van der Waals surface area contributed by atoms with Gasteiger partial charge in [0.1, 0.15) is 0 Å². The van der Waals surface area contributed by atoms with Gasteiger partial charge in [-0.05, 0) is 183 Å². The lowest BCUT2D eigenvalue weighted by molar-refractivity contribution is 0.794. The maximum atomic E-state index is 2.54. The highest BCUT2D eigenvalue weighted by Crippen LogP contribution is 2.64. The summed E-state index contributed by atoms with van der Waals surface area (Å²) in [5.74, 6) is 0. The van der Waals surface area contributed by atoms with Crippen LogP contribution in [-0.2, 0) is 5.41 Å². The predicted molar refractivity (Wildman–Crippen MR) is 348 cm³/mol. The summed E-state index contributed by atoms with van der Waals surface area (Å²) in [6, 6.07) is 114. The maximum absolute atomic E-state index is 2.54. The van der Waals surface area contributed by atoms with Gasteiger partial charge in [0.25, 0.3) is 0 Å². The quantitative estimate of drug-likeness (QED) is 0.157. The van der Waals surface area contributed by atoms with Crippen molar-refractivity contribution in [2.45, 2.75) is 5.41 Å². The molecule has 18 rings (SSSR count). The Balaban J connectivity index is 0.786. The lowest BCUT2D eigenvalue weighted by atomic mass is 9.70. The van der Waals surface area contributed by atoms with E-state index in [2.05, 4.69) is 312 Å². The molecule has 0 saturated carbocycles. The Morgan fingerprint density at radius 1 is 0.181 bits per heavy atom. The van der Waals surface area contributed by atoms with Crippen molar-refractivity contribution in [3.05, 3.63) is 326 Å². The van der Waals surface area contributed by atoms with E-state index < -0.39 is 5.41 Å². The molecule has 384 valence electrons. The second-order valence-electron chi connectivity index (χ2n) is 22.6. The number of benzene rings is 14. The van der Waals surface area contributed by atoms with E-state index in [9.17, 15) is 0 Å². The first kappa shape index (κ1) is 46.0. The van der Waals surface area contributed by atoms with Gasteiger partial charge in [-0.25, -0.2) is 0 Å². The van der Waals surface area contributed by atoms with Crippen LogP contribution in [0.25, 0.3) is 143 Å². The molecule has 2 heterocycles. The van der Waals surface area contributed by atoms with Crippen LogP contribution in [0.5, 0.6) is 0 Å². The van der Waals surface area contributed by atoms with Gasteiger partial charge in [-0.1, -0.05) is 231 Å². The van der Waals surface area contributed by atoms with Gasteiger partial charge in [-0.2, -0.15) is 0 Å². The van der Waals surface area contributed by atoms with Crippen molar-refractivity contribution >= 4 is 65.2 Å². The molecule has 2 heteroatoms. The van der Waals surface area contributed by atoms with Gasteiger partial charge in [0.05, 0.1) is 27.5 Å². The van der Waals surface area contributed by atoms with Crippen LogP contribution >= 0.6 is 0 Å². The van der Waals surface area contributed by atoms with Crippen LogP contribution in [0, 0.1) is 0 Å². The molecule has 2 nitrogen and oxygen atoms in total. The van der Waals surface area contributed by atoms with Crippen LogP contribution in [0.15, 0.2) is 303 Å². The Kier molecular flexibility index (Phi) is 9.75. The molecule has 2 aliphatic rings. The average Bonchev–Trinajstić information content (AvgIpc) is 1.77. The van der Waals surface area contributed by atoms with Crippen LogP contribution in [-0.4, -0.2) is 9.13 Å². The number of hydrogen-bond acceptors (Lipinski definition) is 0. The number of nitrogens with zero attached hydrogens (tertiary/aromatic N) is 2. The lowest BCUT2D eigenvalue weighted by Gasteiger charge is -2.31. The Morgan fingerprint density at radius 3 is 0.880 bits per heavy atom. The molecule has 0 N–H and O–H groups in total. The maximum Gasteiger partial charge on any atom is 0.0725 e. The van der Waals surface area contributed by atoms with Gasteiger partial charge in [0.2, 0.25) is 0 Å². The molecule has 16 aromatic rings. The molecular weight excluding hydrogens is 1000 g/mol. The summed E-state index contributed by atoms with van der Waals surface area (Å²) in [6.45, 7) is 0. The van der Waals surface area contributed by atoms with E-state index in [1.165, 1.54) is 166 Å². The molecule has 0 aliphatic heterocycles. The zero-order valence-electron chi connectivity index (χ0n) is 45.3. The molecule has 0 unspecified atom stereocenters. The van der Waals surface area contributed by atoms with Crippen LogP contribution in [0.2, 0.25) is 0 Å². The third-order valence-corrected chi connectivity index (χ3v) is 18.6. The largest absolute Gasteiger partial charge is 0.309 e. The predicted octanol–water partition coefficient (Wildman–Crippen LogP) is 21.2. The average molecular weight is 1050 g/mol. The first-order valence-corrected chi connectivity index (χ1v) is 28.9. The Bertz CT molecular complexity index is 5050. The second-order valence-corrected chi connectivity index (χ2v) is 22.6. The van der Waals surface area contributed by atoms with Crippen LogP contribution < -0.4 is 0 Å². The standard InChI is InChI=1S/C81H50N2/c1-3-19-55(20-4-1)82-77-33-17-13-29-69(77)71-47-51(37-45-79(71)82)57-41-43-59(63-25-9-7-23-61(57)63)53-35-39-67-68-40-36-54(50-76(68)81(75(67)49-53)73-31-15-11-27-65(73)66-28-12-16-32-74(66)81)60-44-42-58(62-24-8-10-26-64(60)62)52-38-46-80-72(48-52)70-30-14-18-34-78(70)83(80)56-21-5-2-6-22-56/h1-50H. The molecule has 0 atom stereocenters. The molecule has 1 spiro atoms. The van der Waals surface area contributed by atoms with Crippen molar-refractivity contribution in [1.82, 2.24) is 9.13 Å². The van der Waals surface area contributed by atoms with Crippen molar-refractivity contribution in [1.29, 1.82) is 0 Å². The van der Waals surface area contributed by atoms with Crippen LogP contribution in [0.3, 0.4) is 0 Å². The zero-order chi connectivity index (χ0) is 54.3. The number of para-hydroxylation sites is 4. The molecule has 0 radical (unpaired) electrons. The minimum absolute atomic E-state index is 0.544. The van der Waals surface area contributed by atoms with E-state index in [1.807, 2.05) is 0 Å². The topological polar surface area (TPSA) is 9.86 Å². The molecule has 0 amide bonds. The van der Waals surface area contributed by atoms with Gasteiger partial charge < -0.3 is 9.13 Å². The first-order valence-electron chi connectivity index (χ1n) is 28.9. The Hall–Kier alpha value is -10.8. The SMILES string of the molecule is c1ccc(-n2c3ccccc3c3cc(-c4ccc(-c5ccc6c(c5)C5(c7ccccc7-c7ccccc75)c5cc(-c7ccc(-c8ccc9c(c8)c8ccccc8n9-c8ccccc8)c8ccccc78)ccc5-6)c5ccccc45)ccc32)cc1. The van der Waals surface area contributed by atoms with E-state index >= 15 is 0 Å². The minimum atomic E-state index is -0.544. The molecule has 2 aliphatic carbocycles. The van der Waals surface area contributed by atoms with Crippen molar-refractivity contribution in [2.75, 3.05) is 0 Å². The lowest BCUT2D eigenvalue weighted by Crippen LogP contribution is -2.26. The molecule has 83 heavy (non-hydrogen) atoms. The van der Waals surface area contributed by atoms with Gasteiger partial charge in [0.15, 0.2) is 0 Å². The molecule has 2 aromatic heterocycles. The van der Waals surface area contributed by atoms with Crippen molar-refractivity contribution in [3.8, 4) is 78.1 Å². The number of fused-ring (bicyclic) bond motifs is 18. The summed E-state index contributed by atoms with van der Waals surface area (Å²) in [4.78, 5) is 0. The van der Waals surface area contributed by atoms with Crippen molar-refractivity contribution in [3.63, 3.8) is 0 Å². The molecule has 0 fully saturated rings. The summed E-state index contributed by atoms with van der Waals surface area (Å²) < 4.78 is 4.79. The third-order valence-electron chi connectivity index (χ3n) is 18.6. The van der Waals surface area contributed by atoms with E-state index in [0.29, 0.717) is 0 Å². The van der Waals surface area contributed by atoms with Crippen LogP contribution in [0.1, 0.15) is 22.3 Å². The monoisotopic (exact) mass is 1050 g/mol. The fourth-order valence-corrected chi connectivity index (χ4v) is 15.1. The number of aromatic nitrogens is 2. The zero-order valence-corrected chi connectivity index (χ0v) is 45.3. The van der Waals surface area contributed by atoms with Crippen LogP contribution in [0.4, 0.5) is 0 Å². The fraction of sp³-hybridized carbons (Fsp3) is 0.0123. The third kappa shape index (κ3) is 6.49. The molecule has 14 aromatic carbocycles. The van der Waals surface area contributed by atoms with E-state index in [4.69, 9.17) is 0 Å². The smallest absolute Gasteiger partial charge is 0.0725 e. The molecular formula is C81H50N2. The normalized spacial score (nSPS) is 12.9. The summed E-state index contributed by atoms with van der Waals surface area (Å²) in [6.07, 6.45) is 0. The summed E-state index contributed by atoms with van der Waals surface area (Å²) in [5, 5.41) is 9.98. The van der Waals surface area contributed by atoms with Gasteiger partial charge in [0, 0.05) is 32.9 Å². The Morgan fingerprint density at radius 2 is 0.470 bits per heavy atom. The van der Waals surface area contributed by atoms with Gasteiger partial charge >= 0.3 is 0 Å². The second kappa shape index (κ2) is 17.6. The van der Waals surface area contributed by atoms with E-state index in [0.717, 1.165) is 0 Å². The highest BCUT2D eigenvalue weighted by molar-refractivity contribution is 6.14. The number of rotatable bonds is 6. The van der Waals surface area contributed by atoms with Gasteiger partial charge in [-0.15, -0.1) is 0 Å². The number of hydrogen-bond donors (Lipinski definition) is 0. The molecule has 0 saturated heterocycles. The Labute approximate surface area is 480 Å². The highest BCUT2D eigenvalue weighted by atomic mass is 15.0.